The Balaban J connectivity index is 1.09. The van der Waals surface area contributed by atoms with E-state index in [9.17, 15) is 0 Å². The first kappa shape index (κ1) is 41.0. The van der Waals surface area contributed by atoms with Gasteiger partial charge in [-0.3, -0.25) is 0 Å². The standard InChI is InChI=1S/C61H49NS2/c1-4-5-6-7-8-9-17-47(39-57(62)43-27-25-42(26-28-43)44-24-23-41(3)53(35-44)49-18-11-10-16-40(49)2)54-36-45(46-30-33-60-55(37-46)51-19-12-14-21-58(51)63-60)29-32-50(54)48-31-34-61-56(38-48)52-20-13-15-22-59(52)64-61/h5-39,47H,4,62H2,1-3H3/b6-5-,8-7-,17-9+,57-39-. The summed E-state index contributed by atoms with van der Waals surface area (Å²) in [6.07, 6.45) is 16.2. The van der Waals surface area contributed by atoms with E-state index in [0.29, 0.717) is 0 Å². The van der Waals surface area contributed by atoms with Crippen LogP contribution in [0.4, 0.5) is 0 Å². The van der Waals surface area contributed by atoms with Gasteiger partial charge >= 0.3 is 0 Å². The molecular formula is C61H49NS2. The smallest absolute Gasteiger partial charge is 0.0356 e. The molecule has 0 aliphatic rings. The quantitative estimate of drug-likeness (QED) is 0.129. The zero-order valence-electron chi connectivity index (χ0n) is 36.4. The summed E-state index contributed by atoms with van der Waals surface area (Å²) in [4.78, 5) is 0. The molecule has 8 aromatic carbocycles. The fraction of sp³-hybridized carbons (Fsp3) is 0.0820. The minimum Gasteiger partial charge on any atom is -0.398 e. The lowest BCUT2D eigenvalue weighted by Gasteiger charge is -2.19. The molecule has 1 nitrogen and oxygen atoms in total. The van der Waals surface area contributed by atoms with Crippen LogP contribution in [0.3, 0.4) is 0 Å². The van der Waals surface area contributed by atoms with Crippen LogP contribution in [0.2, 0.25) is 0 Å². The van der Waals surface area contributed by atoms with Gasteiger partial charge in [-0.15, -0.1) is 22.7 Å². The van der Waals surface area contributed by atoms with Gasteiger partial charge in [0.05, 0.1) is 0 Å². The SMILES string of the molecule is CC\C=C/C=C\C=C\C(/C=C(\N)c1ccc(-c2ccc(C)c(-c3ccccc3C)c2)cc1)c1cc(-c2ccc3sc4ccccc4c3c2)ccc1-c1ccc2sc3ccccc3c2c1. The molecule has 10 rings (SSSR count). The van der Waals surface area contributed by atoms with Crippen molar-refractivity contribution in [1.82, 2.24) is 0 Å². The lowest BCUT2D eigenvalue weighted by molar-refractivity contribution is 1.08. The summed E-state index contributed by atoms with van der Waals surface area (Å²) in [5, 5.41) is 5.18. The second kappa shape index (κ2) is 18.0. The van der Waals surface area contributed by atoms with E-state index in [2.05, 4.69) is 233 Å². The van der Waals surface area contributed by atoms with E-state index in [1.807, 2.05) is 22.7 Å². The Labute approximate surface area is 384 Å². The zero-order chi connectivity index (χ0) is 43.6. The molecule has 3 heteroatoms. The molecule has 0 saturated carbocycles. The number of benzene rings is 8. The van der Waals surface area contributed by atoms with Gasteiger partial charge in [0.25, 0.3) is 0 Å². The van der Waals surface area contributed by atoms with Crippen LogP contribution in [0.1, 0.15) is 41.5 Å². The molecule has 2 N–H and O–H groups in total. The topological polar surface area (TPSA) is 26.0 Å². The second-order valence-corrected chi connectivity index (χ2v) is 18.8. The van der Waals surface area contributed by atoms with Crippen molar-refractivity contribution >= 4 is 68.7 Å². The third-order valence-corrected chi connectivity index (χ3v) is 14.7. The van der Waals surface area contributed by atoms with Crippen molar-refractivity contribution in [3.8, 4) is 44.5 Å². The molecule has 10 aromatic rings. The largest absolute Gasteiger partial charge is 0.398 e. The molecule has 2 heterocycles. The Bertz CT molecular complexity index is 3460. The van der Waals surface area contributed by atoms with Gasteiger partial charge < -0.3 is 5.73 Å². The maximum Gasteiger partial charge on any atom is 0.0356 e. The van der Waals surface area contributed by atoms with Crippen molar-refractivity contribution in [2.45, 2.75) is 33.1 Å². The van der Waals surface area contributed by atoms with Gasteiger partial charge in [-0.05, 0) is 142 Å². The highest BCUT2D eigenvalue weighted by molar-refractivity contribution is 7.26. The van der Waals surface area contributed by atoms with Crippen LogP contribution in [0.15, 0.2) is 212 Å². The molecule has 0 radical (unpaired) electrons. The van der Waals surface area contributed by atoms with Crippen LogP contribution in [-0.4, -0.2) is 0 Å². The van der Waals surface area contributed by atoms with Gasteiger partial charge in [-0.2, -0.15) is 0 Å². The van der Waals surface area contributed by atoms with Gasteiger partial charge in [-0.25, -0.2) is 0 Å². The van der Waals surface area contributed by atoms with E-state index >= 15 is 0 Å². The normalized spacial score (nSPS) is 12.9. The number of allylic oxidation sites excluding steroid dienone is 7. The third-order valence-electron chi connectivity index (χ3n) is 12.4. The summed E-state index contributed by atoms with van der Waals surface area (Å²) in [5.41, 5.74) is 22.3. The molecule has 64 heavy (non-hydrogen) atoms. The van der Waals surface area contributed by atoms with Gasteiger partial charge in [0.2, 0.25) is 0 Å². The molecule has 2 aromatic heterocycles. The van der Waals surface area contributed by atoms with Crippen LogP contribution in [0, 0.1) is 13.8 Å². The Morgan fingerprint density at radius 1 is 0.469 bits per heavy atom. The molecule has 0 aliphatic carbocycles. The number of fused-ring (bicyclic) bond motifs is 6. The summed E-state index contributed by atoms with van der Waals surface area (Å²) in [5.74, 6) is -0.135. The molecule has 0 saturated heterocycles. The van der Waals surface area contributed by atoms with E-state index in [1.165, 1.54) is 96.0 Å². The minimum atomic E-state index is -0.135. The first-order valence-electron chi connectivity index (χ1n) is 22.1. The van der Waals surface area contributed by atoms with Crippen molar-refractivity contribution in [2.24, 2.45) is 5.73 Å². The van der Waals surface area contributed by atoms with Gasteiger partial charge in [0.1, 0.15) is 0 Å². The Morgan fingerprint density at radius 2 is 1.02 bits per heavy atom. The fourth-order valence-corrected chi connectivity index (χ4v) is 11.1. The second-order valence-electron chi connectivity index (χ2n) is 16.6. The maximum absolute atomic E-state index is 7.19. The van der Waals surface area contributed by atoms with Crippen molar-refractivity contribution in [2.75, 3.05) is 0 Å². The van der Waals surface area contributed by atoms with E-state index in [4.69, 9.17) is 5.73 Å². The highest BCUT2D eigenvalue weighted by Crippen LogP contribution is 2.42. The maximum atomic E-state index is 7.19. The monoisotopic (exact) mass is 859 g/mol. The molecule has 1 unspecified atom stereocenters. The van der Waals surface area contributed by atoms with Crippen LogP contribution in [0.5, 0.6) is 0 Å². The van der Waals surface area contributed by atoms with Gasteiger partial charge in [-0.1, -0.05) is 165 Å². The number of nitrogens with two attached hydrogens (primary N) is 1. The molecule has 0 amide bonds. The lowest BCUT2D eigenvalue weighted by atomic mass is 9.86. The summed E-state index contributed by atoms with van der Waals surface area (Å²) in [7, 11) is 0. The predicted octanol–water partition coefficient (Wildman–Crippen LogP) is 17.9. The van der Waals surface area contributed by atoms with E-state index in [0.717, 1.165) is 23.2 Å². The number of thiophene rings is 2. The Morgan fingerprint density at radius 3 is 1.73 bits per heavy atom. The Hall–Kier alpha value is -7.04. The number of hydrogen-bond donors (Lipinski definition) is 1. The summed E-state index contributed by atoms with van der Waals surface area (Å²) >= 11 is 3.71. The number of rotatable bonds is 11. The Kier molecular flexibility index (Phi) is 11.5. The first-order chi connectivity index (χ1) is 31.4. The van der Waals surface area contributed by atoms with Crippen LogP contribution in [-0.2, 0) is 0 Å². The molecule has 0 fully saturated rings. The highest BCUT2D eigenvalue weighted by atomic mass is 32.1. The van der Waals surface area contributed by atoms with Crippen molar-refractivity contribution < 1.29 is 0 Å². The highest BCUT2D eigenvalue weighted by Gasteiger charge is 2.18. The average Bonchev–Trinajstić information content (AvgIpc) is 3.90. The van der Waals surface area contributed by atoms with Crippen molar-refractivity contribution in [3.05, 3.63) is 235 Å². The molecule has 0 aliphatic heterocycles. The summed E-state index contributed by atoms with van der Waals surface area (Å²) in [6, 6.07) is 62.5. The number of aryl methyl sites for hydroxylation is 2. The lowest BCUT2D eigenvalue weighted by Crippen LogP contribution is -2.03. The van der Waals surface area contributed by atoms with E-state index in [-0.39, 0.29) is 5.92 Å². The molecule has 0 bridgehead atoms. The number of hydrogen-bond acceptors (Lipinski definition) is 3. The molecule has 310 valence electrons. The zero-order valence-corrected chi connectivity index (χ0v) is 38.0. The van der Waals surface area contributed by atoms with E-state index < -0.39 is 0 Å². The van der Waals surface area contributed by atoms with Crippen LogP contribution < -0.4 is 5.73 Å². The van der Waals surface area contributed by atoms with Crippen molar-refractivity contribution in [3.63, 3.8) is 0 Å². The van der Waals surface area contributed by atoms with Crippen LogP contribution >= 0.6 is 22.7 Å². The minimum absolute atomic E-state index is 0.135. The van der Waals surface area contributed by atoms with Gasteiger partial charge in [0.15, 0.2) is 0 Å². The first-order valence-corrected chi connectivity index (χ1v) is 23.8. The van der Waals surface area contributed by atoms with Crippen molar-refractivity contribution in [1.29, 1.82) is 0 Å². The predicted molar refractivity (Wildman–Crippen MR) is 282 cm³/mol. The van der Waals surface area contributed by atoms with E-state index in [1.54, 1.807) is 0 Å². The molecular weight excluding hydrogens is 811 g/mol. The summed E-state index contributed by atoms with van der Waals surface area (Å²) in [6.45, 7) is 6.53. The fourth-order valence-electron chi connectivity index (χ4n) is 8.97. The summed E-state index contributed by atoms with van der Waals surface area (Å²) < 4.78 is 5.22. The molecule has 0 spiro atoms. The average molecular weight is 860 g/mol. The van der Waals surface area contributed by atoms with Crippen LogP contribution in [0.25, 0.3) is 90.5 Å². The third kappa shape index (κ3) is 8.17. The molecule has 1 atom stereocenters. The van der Waals surface area contributed by atoms with Gasteiger partial charge in [0, 0.05) is 52.0 Å².